The lowest BCUT2D eigenvalue weighted by Crippen LogP contribution is -2.28. The van der Waals surface area contributed by atoms with Gasteiger partial charge >= 0.3 is 0 Å². The number of nitrogens with zero attached hydrogens (tertiary/aromatic N) is 1. The van der Waals surface area contributed by atoms with Crippen LogP contribution in [0.3, 0.4) is 0 Å². The fourth-order valence-corrected chi connectivity index (χ4v) is 9.92. The quantitative estimate of drug-likeness (QED) is 0.170. The fourth-order valence-electron chi connectivity index (χ4n) is 9.92. The molecule has 1 saturated carbocycles. The van der Waals surface area contributed by atoms with Crippen molar-refractivity contribution in [2.75, 3.05) is 4.90 Å². The van der Waals surface area contributed by atoms with Gasteiger partial charge in [-0.3, -0.25) is 0 Å². The lowest BCUT2D eigenvalue weighted by Gasteiger charge is -2.37. The number of anilines is 3. The van der Waals surface area contributed by atoms with Gasteiger partial charge in [-0.1, -0.05) is 158 Å². The van der Waals surface area contributed by atoms with E-state index in [-0.39, 0.29) is 10.8 Å². The van der Waals surface area contributed by atoms with Crippen LogP contribution >= 0.6 is 0 Å². The van der Waals surface area contributed by atoms with Gasteiger partial charge in [-0.2, -0.15) is 0 Å². The smallest absolute Gasteiger partial charge is 0.0542 e. The number of rotatable bonds is 6. The molecule has 6 aromatic carbocycles. The molecule has 0 bridgehead atoms. The van der Waals surface area contributed by atoms with E-state index in [0.29, 0.717) is 11.8 Å². The third kappa shape index (κ3) is 5.03. The van der Waals surface area contributed by atoms with Crippen molar-refractivity contribution in [2.45, 2.75) is 96.3 Å². The number of hydrogen-bond acceptors (Lipinski definition) is 1. The van der Waals surface area contributed by atoms with Crippen LogP contribution in [0.1, 0.15) is 119 Å². The average Bonchev–Trinajstić information content (AvgIpc) is 3.56. The van der Waals surface area contributed by atoms with Gasteiger partial charge in [-0.15, -0.1) is 0 Å². The Balaban J connectivity index is 1.30. The van der Waals surface area contributed by atoms with Crippen LogP contribution in [0.25, 0.3) is 33.4 Å². The molecule has 1 spiro atoms. The fraction of sp³-hybridized carbons (Fsp3) is 0.294. The summed E-state index contributed by atoms with van der Waals surface area (Å²) in [5.74, 6) is 0.904. The SMILES string of the molecule is CC(C)c1ccc(-c2ccc(C(C)C)cc2N(c2ccc3c(c2)C(C)(C)c2ccccc2-3)c2ccc3c(c2)C2(CCCCC2)c2ccccc2-3)cc1. The van der Waals surface area contributed by atoms with Gasteiger partial charge < -0.3 is 4.90 Å². The summed E-state index contributed by atoms with van der Waals surface area (Å²) >= 11 is 0. The first kappa shape index (κ1) is 33.0. The van der Waals surface area contributed by atoms with Crippen LogP contribution in [0.5, 0.6) is 0 Å². The van der Waals surface area contributed by atoms with Gasteiger partial charge in [0.2, 0.25) is 0 Å². The first-order valence-electron chi connectivity index (χ1n) is 19.7. The Bertz CT molecular complexity index is 2310. The van der Waals surface area contributed by atoms with Gasteiger partial charge in [0.25, 0.3) is 0 Å². The van der Waals surface area contributed by atoms with Gasteiger partial charge in [0, 0.05) is 27.8 Å². The predicted octanol–water partition coefficient (Wildman–Crippen LogP) is 14.6. The second-order valence-electron chi connectivity index (χ2n) is 16.9. The van der Waals surface area contributed by atoms with E-state index < -0.39 is 0 Å². The zero-order chi connectivity index (χ0) is 35.8. The Kier molecular flexibility index (Phi) is 7.85. The van der Waals surface area contributed by atoms with Crippen LogP contribution in [0.15, 0.2) is 127 Å². The first-order chi connectivity index (χ1) is 25.2. The molecule has 260 valence electrons. The van der Waals surface area contributed by atoms with Crippen molar-refractivity contribution in [2.24, 2.45) is 0 Å². The predicted molar refractivity (Wildman–Crippen MR) is 222 cm³/mol. The standard InChI is InChI=1S/C51H51N/c1-33(2)35-18-20-36(21-19-35)40-25-22-37(34(3)4)30-49(40)52(38-23-26-43-41-14-8-10-16-45(41)50(5,6)47(43)31-38)39-24-27-44-42-15-9-11-17-46(42)51(48(44)32-39)28-12-7-13-29-51/h8-11,14-27,30-34H,7,12-13,28-29H2,1-6H3. The number of hydrogen-bond donors (Lipinski definition) is 0. The number of fused-ring (bicyclic) bond motifs is 8. The lowest BCUT2D eigenvalue weighted by atomic mass is 9.68. The van der Waals surface area contributed by atoms with Crippen molar-refractivity contribution in [3.8, 4) is 33.4 Å². The molecule has 0 N–H and O–H groups in total. The monoisotopic (exact) mass is 677 g/mol. The Morgan fingerprint density at radius 3 is 1.63 bits per heavy atom. The third-order valence-corrected chi connectivity index (χ3v) is 12.9. The first-order valence-corrected chi connectivity index (χ1v) is 19.7. The molecule has 0 heterocycles. The van der Waals surface area contributed by atoms with E-state index in [1.165, 1.54) is 116 Å². The summed E-state index contributed by atoms with van der Waals surface area (Å²) < 4.78 is 0. The molecule has 6 aromatic rings. The molecule has 1 nitrogen and oxygen atoms in total. The van der Waals surface area contributed by atoms with Gasteiger partial charge in [0.1, 0.15) is 0 Å². The van der Waals surface area contributed by atoms with E-state index in [0.717, 1.165) is 0 Å². The maximum absolute atomic E-state index is 2.59. The van der Waals surface area contributed by atoms with E-state index in [1.807, 2.05) is 0 Å². The van der Waals surface area contributed by atoms with Crippen molar-refractivity contribution in [3.05, 3.63) is 161 Å². The highest BCUT2D eigenvalue weighted by molar-refractivity contribution is 5.92. The van der Waals surface area contributed by atoms with Crippen LogP contribution in [-0.4, -0.2) is 0 Å². The maximum atomic E-state index is 2.59. The highest BCUT2D eigenvalue weighted by atomic mass is 15.1. The van der Waals surface area contributed by atoms with Crippen LogP contribution in [0.4, 0.5) is 17.1 Å². The summed E-state index contributed by atoms with van der Waals surface area (Å²) in [6.45, 7) is 14.0. The van der Waals surface area contributed by atoms with Crippen LogP contribution < -0.4 is 4.90 Å². The lowest BCUT2D eigenvalue weighted by molar-refractivity contribution is 0.353. The Morgan fingerprint density at radius 2 is 0.981 bits per heavy atom. The molecular weight excluding hydrogens is 627 g/mol. The molecule has 0 radical (unpaired) electrons. The molecular formula is C51H51N. The van der Waals surface area contributed by atoms with Crippen molar-refractivity contribution in [1.29, 1.82) is 0 Å². The molecule has 1 heteroatoms. The molecule has 3 aliphatic carbocycles. The molecule has 9 rings (SSSR count). The molecule has 1 fully saturated rings. The molecule has 0 aromatic heterocycles. The van der Waals surface area contributed by atoms with E-state index >= 15 is 0 Å². The van der Waals surface area contributed by atoms with E-state index in [4.69, 9.17) is 0 Å². The Hall–Kier alpha value is -4.88. The molecule has 0 aliphatic heterocycles. The molecule has 0 amide bonds. The molecule has 0 atom stereocenters. The molecule has 52 heavy (non-hydrogen) atoms. The van der Waals surface area contributed by atoms with E-state index in [9.17, 15) is 0 Å². The van der Waals surface area contributed by atoms with Crippen molar-refractivity contribution in [3.63, 3.8) is 0 Å². The minimum Gasteiger partial charge on any atom is -0.310 e. The minimum absolute atomic E-state index is 0.0860. The third-order valence-electron chi connectivity index (χ3n) is 12.9. The van der Waals surface area contributed by atoms with Gasteiger partial charge in [-0.25, -0.2) is 0 Å². The second-order valence-corrected chi connectivity index (χ2v) is 16.9. The maximum Gasteiger partial charge on any atom is 0.0542 e. The van der Waals surface area contributed by atoms with Gasteiger partial charge in [-0.05, 0) is 116 Å². The largest absolute Gasteiger partial charge is 0.310 e. The summed E-state index contributed by atoms with van der Waals surface area (Å²) in [6.07, 6.45) is 6.35. The molecule has 0 unspecified atom stereocenters. The highest BCUT2D eigenvalue weighted by Gasteiger charge is 2.44. The number of benzene rings is 6. The summed E-state index contributed by atoms with van der Waals surface area (Å²) in [5, 5.41) is 0. The molecule has 0 saturated heterocycles. The second kappa shape index (κ2) is 12.4. The Morgan fingerprint density at radius 1 is 0.462 bits per heavy atom. The van der Waals surface area contributed by atoms with E-state index in [1.54, 1.807) is 0 Å². The van der Waals surface area contributed by atoms with Crippen LogP contribution in [0.2, 0.25) is 0 Å². The van der Waals surface area contributed by atoms with Crippen LogP contribution in [0, 0.1) is 0 Å². The summed E-state index contributed by atoms with van der Waals surface area (Å²) in [6, 6.07) is 49.4. The summed E-state index contributed by atoms with van der Waals surface area (Å²) in [7, 11) is 0. The zero-order valence-corrected chi connectivity index (χ0v) is 31.8. The highest BCUT2D eigenvalue weighted by Crippen LogP contribution is 2.58. The van der Waals surface area contributed by atoms with Crippen LogP contribution in [-0.2, 0) is 10.8 Å². The average molecular weight is 678 g/mol. The Labute approximate surface area is 311 Å². The summed E-state index contributed by atoms with van der Waals surface area (Å²) in [5.41, 5.74) is 20.4. The van der Waals surface area contributed by atoms with Crippen molar-refractivity contribution in [1.82, 2.24) is 0 Å². The van der Waals surface area contributed by atoms with Gasteiger partial charge in [0.15, 0.2) is 0 Å². The summed E-state index contributed by atoms with van der Waals surface area (Å²) in [4.78, 5) is 2.59. The normalized spacial score (nSPS) is 16.2. The topological polar surface area (TPSA) is 3.24 Å². The van der Waals surface area contributed by atoms with Crippen molar-refractivity contribution >= 4 is 17.1 Å². The van der Waals surface area contributed by atoms with Gasteiger partial charge in [0.05, 0.1) is 5.69 Å². The molecule has 3 aliphatic rings. The zero-order valence-electron chi connectivity index (χ0n) is 31.8. The van der Waals surface area contributed by atoms with Crippen molar-refractivity contribution < 1.29 is 0 Å². The minimum atomic E-state index is -0.0887. The van der Waals surface area contributed by atoms with E-state index in [2.05, 4.69) is 174 Å².